The van der Waals surface area contributed by atoms with Crippen LogP contribution < -0.4 is 0 Å². The molecule has 0 rings (SSSR count). The third-order valence-corrected chi connectivity index (χ3v) is 20.5. The molecule has 0 aliphatic rings. The van der Waals surface area contributed by atoms with Crippen LogP contribution >= 0.6 is 15.6 Å². The standard InChI is InChI=1S/C80H156O17P2/c1-8-9-10-11-12-13-14-15-16-17-18-19-20-21-22-29-34-41-49-56-63-79(84)96-75(67-90-77(82)61-54-47-40-33-28-24-23-26-31-37-44-51-58-71(2)3)69-94-98(86,87)92-65-74(81)66-93-99(88,89)95-70-76(68-91-78(83)62-55-48-43-36-39-46-53-60-73(6)7)97-80(85)64-57-50-42-35-30-25-27-32-38-45-52-59-72(4)5/h71-76,81H,8-70H2,1-7H3,(H,86,87)(H,88,89)/t74-,75-,76-/m1/s1. The Labute approximate surface area is 607 Å². The fourth-order valence-corrected chi connectivity index (χ4v) is 13.9. The van der Waals surface area contributed by atoms with Gasteiger partial charge in [0.15, 0.2) is 12.2 Å². The number of unbranched alkanes of at least 4 members (excludes halogenated alkanes) is 46. The van der Waals surface area contributed by atoms with E-state index in [1.54, 1.807) is 0 Å². The molecule has 588 valence electrons. The number of phosphoric ester groups is 2. The first kappa shape index (κ1) is 97.1. The number of carbonyl (C=O) groups is 4. The predicted molar refractivity (Wildman–Crippen MR) is 405 cm³/mol. The first-order valence-electron chi connectivity index (χ1n) is 41.3. The fraction of sp³-hybridized carbons (Fsp3) is 0.950. The van der Waals surface area contributed by atoms with Gasteiger partial charge in [0.05, 0.1) is 26.4 Å². The third kappa shape index (κ3) is 74.1. The number of rotatable bonds is 78. The minimum absolute atomic E-state index is 0.106. The number of aliphatic hydroxyl groups excluding tert-OH is 1. The third-order valence-electron chi connectivity index (χ3n) is 18.6. The quantitative estimate of drug-likeness (QED) is 0.0222. The molecule has 0 bridgehead atoms. The average molecular weight is 1450 g/mol. The molecule has 0 amide bonds. The molecule has 0 heterocycles. The molecule has 5 atom stereocenters. The summed E-state index contributed by atoms with van der Waals surface area (Å²) >= 11 is 0. The van der Waals surface area contributed by atoms with Crippen LogP contribution in [0.4, 0.5) is 0 Å². The smallest absolute Gasteiger partial charge is 0.462 e. The number of hydrogen-bond donors (Lipinski definition) is 3. The summed E-state index contributed by atoms with van der Waals surface area (Å²) in [7, 11) is -9.92. The molecule has 19 heteroatoms. The Morgan fingerprint density at radius 2 is 0.465 bits per heavy atom. The number of esters is 4. The molecule has 0 spiro atoms. The molecule has 0 aromatic carbocycles. The average Bonchev–Trinajstić information content (AvgIpc) is 1.00. The summed E-state index contributed by atoms with van der Waals surface area (Å²) in [5.41, 5.74) is 0. The highest BCUT2D eigenvalue weighted by molar-refractivity contribution is 7.47. The zero-order valence-corrected chi connectivity index (χ0v) is 66.8. The maximum atomic E-state index is 13.1. The second-order valence-electron chi connectivity index (χ2n) is 30.2. The van der Waals surface area contributed by atoms with Gasteiger partial charge in [-0.25, -0.2) is 9.13 Å². The van der Waals surface area contributed by atoms with Gasteiger partial charge in [0, 0.05) is 25.7 Å². The van der Waals surface area contributed by atoms with Crippen LogP contribution in [0, 0.1) is 17.8 Å². The molecule has 3 N–H and O–H groups in total. The number of phosphoric acid groups is 2. The highest BCUT2D eigenvalue weighted by Crippen LogP contribution is 2.45. The first-order valence-corrected chi connectivity index (χ1v) is 44.3. The Morgan fingerprint density at radius 1 is 0.273 bits per heavy atom. The van der Waals surface area contributed by atoms with Crippen LogP contribution in [0.2, 0.25) is 0 Å². The van der Waals surface area contributed by atoms with Gasteiger partial charge in [-0.2, -0.15) is 0 Å². The number of ether oxygens (including phenoxy) is 4. The molecule has 0 radical (unpaired) electrons. The summed E-state index contributed by atoms with van der Waals surface area (Å²) in [4.78, 5) is 73.0. The molecule has 0 aromatic rings. The number of hydrogen-bond acceptors (Lipinski definition) is 15. The molecular weight excluding hydrogens is 1290 g/mol. The topological polar surface area (TPSA) is 237 Å². The Kier molecular flexibility index (Phi) is 69.0. The molecule has 0 aliphatic carbocycles. The summed E-state index contributed by atoms with van der Waals surface area (Å²) < 4.78 is 68.7. The second kappa shape index (κ2) is 70.4. The fourth-order valence-electron chi connectivity index (χ4n) is 12.3. The van der Waals surface area contributed by atoms with Crippen molar-refractivity contribution in [2.75, 3.05) is 39.6 Å². The zero-order chi connectivity index (χ0) is 73.0. The molecule has 2 unspecified atom stereocenters. The van der Waals surface area contributed by atoms with E-state index in [9.17, 15) is 43.2 Å². The number of carbonyl (C=O) groups excluding carboxylic acids is 4. The van der Waals surface area contributed by atoms with Crippen molar-refractivity contribution in [1.82, 2.24) is 0 Å². The highest BCUT2D eigenvalue weighted by atomic mass is 31.2. The van der Waals surface area contributed by atoms with Crippen LogP contribution in [-0.2, 0) is 65.4 Å². The van der Waals surface area contributed by atoms with Crippen LogP contribution in [0.1, 0.15) is 414 Å². The van der Waals surface area contributed by atoms with Gasteiger partial charge in [-0.3, -0.25) is 37.3 Å². The lowest BCUT2D eigenvalue weighted by molar-refractivity contribution is -0.161. The highest BCUT2D eigenvalue weighted by Gasteiger charge is 2.30. The van der Waals surface area contributed by atoms with Gasteiger partial charge in [0.1, 0.15) is 19.3 Å². The summed E-state index contributed by atoms with van der Waals surface area (Å²) in [6.45, 7) is 11.9. The van der Waals surface area contributed by atoms with E-state index >= 15 is 0 Å². The SMILES string of the molecule is CCCCCCCCCCCCCCCCCCCCCCC(=O)O[C@H](COC(=O)CCCCCCCCCCCCCCC(C)C)COP(=O)(O)OC[C@@H](O)COP(=O)(O)OC[C@@H](COC(=O)CCCCCCCCCC(C)C)OC(=O)CCCCCCCCCCCCCC(C)C. The normalized spacial score (nSPS) is 14.0. The molecular formula is C80H156O17P2. The summed E-state index contributed by atoms with van der Waals surface area (Å²) in [5, 5.41) is 10.6. The van der Waals surface area contributed by atoms with Crippen molar-refractivity contribution < 1.29 is 80.2 Å². The van der Waals surface area contributed by atoms with Gasteiger partial charge in [-0.05, 0) is 43.4 Å². The minimum atomic E-state index is -4.96. The van der Waals surface area contributed by atoms with Gasteiger partial charge < -0.3 is 33.8 Å². The summed E-state index contributed by atoms with van der Waals surface area (Å²) in [6.07, 6.45) is 58.4. The number of aliphatic hydroxyl groups is 1. The van der Waals surface area contributed by atoms with Crippen LogP contribution in [-0.4, -0.2) is 96.7 Å². The van der Waals surface area contributed by atoms with Crippen molar-refractivity contribution in [3.05, 3.63) is 0 Å². The lowest BCUT2D eigenvalue weighted by atomic mass is 10.0. The van der Waals surface area contributed by atoms with Crippen molar-refractivity contribution in [2.24, 2.45) is 17.8 Å². The lowest BCUT2D eigenvalue weighted by Gasteiger charge is -2.21. The Morgan fingerprint density at radius 3 is 0.687 bits per heavy atom. The molecule has 0 saturated carbocycles. The van der Waals surface area contributed by atoms with E-state index in [0.29, 0.717) is 31.6 Å². The van der Waals surface area contributed by atoms with Gasteiger partial charge >= 0.3 is 39.5 Å². The van der Waals surface area contributed by atoms with Gasteiger partial charge in [-0.15, -0.1) is 0 Å². The van der Waals surface area contributed by atoms with E-state index in [-0.39, 0.29) is 25.7 Å². The van der Waals surface area contributed by atoms with Crippen LogP contribution in [0.5, 0.6) is 0 Å². The maximum Gasteiger partial charge on any atom is 0.472 e. The second-order valence-corrected chi connectivity index (χ2v) is 33.1. The van der Waals surface area contributed by atoms with E-state index in [4.69, 9.17) is 37.0 Å². The van der Waals surface area contributed by atoms with E-state index in [1.165, 1.54) is 218 Å². The van der Waals surface area contributed by atoms with E-state index in [2.05, 4.69) is 48.5 Å². The van der Waals surface area contributed by atoms with Crippen LogP contribution in [0.25, 0.3) is 0 Å². The van der Waals surface area contributed by atoms with Gasteiger partial charge in [0.2, 0.25) is 0 Å². The van der Waals surface area contributed by atoms with Gasteiger partial charge in [0.25, 0.3) is 0 Å². The lowest BCUT2D eigenvalue weighted by Crippen LogP contribution is -2.30. The molecule has 0 fully saturated rings. The van der Waals surface area contributed by atoms with Crippen molar-refractivity contribution >= 4 is 39.5 Å². The van der Waals surface area contributed by atoms with Crippen molar-refractivity contribution in [2.45, 2.75) is 433 Å². The van der Waals surface area contributed by atoms with Crippen molar-refractivity contribution in [3.8, 4) is 0 Å². The zero-order valence-electron chi connectivity index (χ0n) is 65.0. The predicted octanol–water partition coefficient (Wildman–Crippen LogP) is 23.7. The van der Waals surface area contributed by atoms with E-state index in [1.807, 2.05) is 0 Å². The van der Waals surface area contributed by atoms with Crippen LogP contribution in [0.3, 0.4) is 0 Å². The molecule has 0 aliphatic heterocycles. The van der Waals surface area contributed by atoms with E-state index < -0.39 is 97.5 Å². The minimum Gasteiger partial charge on any atom is -0.462 e. The Balaban J connectivity index is 5.23. The molecule has 17 nitrogen and oxygen atoms in total. The van der Waals surface area contributed by atoms with Crippen molar-refractivity contribution in [1.29, 1.82) is 0 Å². The first-order chi connectivity index (χ1) is 47.7. The monoisotopic (exact) mass is 1450 g/mol. The Hall–Kier alpha value is -1.94. The largest absolute Gasteiger partial charge is 0.472 e. The molecule has 0 saturated heterocycles. The van der Waals surface area contributed by atoms with Crippen molar-refractivity contribution in [3.63, 3.8) is 0 Å². The van der Waals surface area contributed by atoms with E-state index in [0.717, 1.165) is 108 Å². The van der Waals surface area contributed by atoms with Gasteiger partial charge in [-0.1, -0.05) is 363 Å². The molecule has 0 aromatic heterocycles. The summed E-state index contributed by atoms with van der Waals surface area (Å²) in [6, 6.07) is 0. The molecule has 99 heavy (non-hydrogen) atoms. The Bertz CT molecular complexity index is 1920. The maximum absolute atomic E-state index is 13.1. The van der Waals surface area contributed by atoms with Crippen LogP contribution in [0.15, 0.2) is 0 Å². The summed E-state index contributed by atoms with van der Waals surface area (Å²) in [5.74, 6) is 0.138.